The maximum absolute atomic E-state index is 13.0. The molecule has 1 fully saturated rings. The molecule has 3 aromatic rings. The average molecular weight is 399 g/mol. The van der Waals surface area contributed by atoms with Crippen molar-refractivity contribution in [2.24, 2.45) is 0 Å². The predicted octanol–water partition coefficient (Wildman–Crippen LogP) is 2.79. The fraction of sp³-hybridized carbons (Fsp3) is 0.333. The number of amides is 1. The lowest BCUT2D eigenvalue weighted by Gasteiger charge is -2.26. The molecule has 2 aromatic heterocycles. The van der Waals surface area contributed by atoms with Gasteiger partial charge in [0.25, 0.3) is 5.91 Å². The van der Waals surface area contributed by atoms with Crippen LogP contribution < -0.4 is 5.32 Å². The Morgan fingerprint density at radius 1 is 1.18 bits per heavy atom. The van der Waals surface area contributed by atoms with E-state index in [0.717, 1.165) is 29.3 Å². The number of imidazole rings is 1. The van der Waals surface area contributed by atoms with Gasteiger partial charge < -0.3 is 19.4 Å². The van der Waals surface area contributed by atoms with Gasteiger partial charge in [0.1, 0.15) is 5.65 Å². The van der Waals surface area contributed by atoms with Crippen molar-refractivity contribution in [1.29, 1.82) is 0 Å². The Hall–Kier alpha value is -2.41. The van der Waals surface area contributed by atoms with E-state index in [2.05, 4.69) is 16.4 Å². The number of aromatic nitrogens is 2. The Morgan fingerprint density at radius 3 is 2.86 bits per heavy atom. The number of carbonyl (C=O) groups is 1. The molecule has 28 heavy (non-hydrogen) atoms. The molecule has 3 heterocycles. The first-order valence-corrected chi connectivity index (χ1v) is 9.88. The Balaban J connectivity index is 1.49. The molecule has 0 unspecified atom stereocenters. The van der Waals surface area contributed by atoms with Gasteiger partial charge in [0.2, 0.25) is 0 Å². The molecule has 0 atom stereocenters. The number of carbonyl (C=O) groups excluding carboxylic acids is 1. The second kappa shape index (κ2) is 8.73. The minimum Gasteiger partial charge on any atom is -0.378 e. The van der Waals surface area contributed by atoms with Crippen molar-refractivity contribution in [3.63, 3.8) is 0 Å². The van der Waals surface area contributed by atoms with Crippen LogP contribution in [0.4, 0.5) is 0 Å². The van der Waals surface area contributed by atoms with E-state index in [-0.39, 0.29) is 5.91 Å². The van der Waals surface area contributed by atoms with Crippen LogP contribution in [0.25, 0.3) is 5.65 Å². The van der Waals surface area contributed by atoms with Crippen LogP contribution in [0, 0.1) is 0 Å². The number of rotatable bonds is 6. The minimum atomic E-state index is -0.0290. The molecule has 1 aliphatic heterocycles. The van der Waals surface area contributed by atoms with Crippen molar-refractivity contribution < 1.29 is 9.53 Å². The number of morpholine rings is 1. The molecule has 0 bridgehead atoms. The van der Waals surface area contributed by atoms with Gasteiger partial charge in [-0.1, -0.05) is 29.8 Å². The van der Waals surface area contributed by atoms with E-state index in [1.165, 1.54) is 5.56 Å². The lowest BCUT2D eigenvalue weighted by atomic mass is 10.1. The lowest BCUT2D eigenvalue weighted by Crippen LogP contribution is -2.41. The van der Waals surface area contributed by atoms with Gasteiger partial charge in [-0.3, -0.25) is 4.79 Å². The summed E-state index contributed by atoms with van der Waals surface area (Å²) in [7, 11) is 0. The summed E-state index contributed by atoms with van der Waals surface area (Å²) in [6.07, 6.45) is 2.82. The predicted molar refractivity (Wildman–Crippen MR) is 109 cm³/mol. The summed E-state index contributed by atoms with van der Waals surface area (Å²) < 4.78 is 7.35. The summed E-state index contributed by atoms with van der Waals surface area (Å²) in [5.74, 6) is -0.0290. The van der Waals surface area contributed by atoms with Gasteiger partial charge in [-0.25, -0.2) is 4.98 Å². The van der Waals surface area contributed by atoms with Crippen LogP contribution in [0.2, 0.25) is 5.02 Å². The van der Waals surface area contributed by atoms with Crippen LogP contribution in [0.1, 0.15) is 21.7 Å². The zero-order valence-corrected chi connectivity index (χ0v) is 16.4. The molecule has 0 aliphatic carbocycles. The monoisotopic (exact) mass is 398 g/mol. The molecule has 4 rings (SSSR count). The summed E-state index contributed by atoms with van der Waals surface area (Å²) in [4.78, 5) is 19.5. The third-order valence-electron chi connectivity index (χ3n) is 4.90. The number of hydrogen-bond acceptors (Lipinski definition) is 4. The highest BCUT2D eigenvalue weighted by molar-refractivity contribution is 6.30. The second-order valence-electron chi connectivity index (χ2n) is 6.80. The molecule has 1 N–H and O–H groups in total. The molecule has 146 valence electrons. The first-order valence-electron chi connectivity index (χ1n) is 9.50. The molecular weight excluding hydrogens is 376 g/mol. The number of nitrogens with one attached hydrogen (secondary N) is 1. The Bertz CT molecular complexity index is 966. The van der Waals surface area contributed by atoms with E-state index < -0.39 is 0 Å². The number of pyridine rings is 1. The van der Waals surface area contributed by atoms with Crippen molar-refractivity contribution in [3.8, 4) is 0 Å². The van der Waals surface area contributed by atoms with Crippen LogP contribution in [0.3, 0.4) is 0 Å². The zero-order chi connectivity index (χ0) is 19.3. The van der Waals surface area contributed by atoms with E-state index in [4.69, 9.17) is 16.3 Å². The lowest BCUT2D eigenvalue weighted by molar-refractivity contribution is 0.0298. The fourth-order valence-electron chi connectivity index (χ4n) is 3.43. The van der Waals surface area contributed by atoms with Gasteiger partial charge in [0.15, 0.2) is 5.69 Å². The quantitative estimate of drug-likeness (QED) is 0.649. The van der Waals surface area contributed by atoms with Gasteiger partial charge in [0.05, 0.1) is 18.9 Å². The number of halogens is 1. The summed E-state index contributed by atoms with van der Waals surface area (Å²) in [5.41, 5.74) is 3.37. The topological polar surface area (TPSA) is 58.9 Å². The minimum absolute atomic E-state index is 0.0290. The number of nitrogens with zero attached hydrogens (tertiary/aromatic N) is 3. The first-order chi connectivity index (χ1) is 13.7. The van der Waals surface area contributed by atoms with Gasteiger partial charge in [-0.05, 0) is 42.8 Å². The Kier molecular flexibility index (Phi) is 5.90. The zero-order valence-electron chi connectivity index (χ0n) is 15.6. The van der Waals surface area contributed by atoms with E-state index in [0.29, 0.717) is 38.5 Å². The van der Waals surface area contributed by atoms with Gasteiger partial charge in [0, 0.05) is 30.9 Å². The second-order valence-corrected chi connectivity index (χ2v) is 7.23. The number of hydrogen-bond donors (Lipinski definition) is 1. The number of benzene rings is 1. The molecule has 0 spiro atoms. The maximum Gasteiger partial charge on any atom is 0.274 e. The summed E-state index contributed by atoms with van der Waals surface area (Å²) in [6, 6.07) is 13.7. The Morgan fingerprint density at radius 2 is 2.04 bits per heavy atom. The van der Waals surface area contributed by atoms with Crippen molar-refractivity contribution in [3.05, 3.63) is 70.6 Å². The van der Waals surface area contributed by atoms with Crippen LogP contribution in [0.5, 0.6) is 0 Å². The summed E-state index contributed by atoms with van der Waals surface area (Å²) in [6.45, 7) is 3.71. The fourth-order valence-corrected chi connectivity index (χ4v) is 3.65. The molecule has 0 saturated carbocycles. The standard InChI is InChI=1S/C21H23ClN4O2/c22-17-5-3-4-16(14-17)7-8-23-15-18-20(21(27)25-10-12-28-13-11-25)24-19-6-1-2-9-26(18)19/h1-6,9,14,23H,7-8,10-13,15H2. The van der Waals surface area contributed by atoms with Crippen LogP contribution in [-0.4, -0.2) is 53.0 Å². The van der Waals surface area contributed by atoms with Crippen molar-refractivity contribution in [2.75, 3.05) is 32.8 Å². The highest BCUT2D eigenvalue weighted by Gasteiger charge is 2.25. The third-order valence-corrected chi connectivity index (χ3v) is 5.14. The normalized spacial score (nSPS) is 14.5. The Labute approximate surface area is 169 Å². The average Bonchev–Trinajstić information content (AvgIpc) is 3.10. The van der Waals surface area contributed by atoms with E-state index >= 15 is 0 Å². The SMILES string of the molecule is O=C(c1nc2ccccn2c1CNCCc1cccc(Cl)c1)N1CCOCC1. The van der Waals surface area contributed by atoms with Crippen molar-refractivity contribution >= 4 is 23.2 Å². The van der Waals surface area contributed by atoms with Crippen molar-refractivity contribution in [2.45, 2.75) is 13.0 Å². The van der Waals surface area contributed by atoms with Crippen LogP contribution in [-0.2, 0) is 17.7 Å². The van der Waals surface area contributed by atoms with Gasteiger partial charge in [-0.15, -0.1) is 0 Å². The van der Waals surface area contributed by atoms with Gasteiger partial charge >= 0.3 is 0 Å². The highest BCUT2D eigenvalue weighted by atomic mass is 35.5. The molecule has 1 amide bonds. The third kappa shape index (κ3) is 4.19. The molecule has 1 aliphatic rings. The largest absolute Gasteiger partial charge is 0.378 e. The summed E-state index contributed by atoms with van der Waals surface area (Å²) in [5, 5.41) is 4.19. The number of ether oxygens (including phenoxy) is 1. The molecule has 7 heteroatoms. The van der Waals surface area contributed by atoms with E-state index in [1.54, 1.807) is 0 Å². The van der Waals surface area contributed by atoms with E-state index in [9.17, 15) is 4.79 Å². The van der Waals surface area contributed by atoms with Crippen molar-refractivity contribution in [1.82, 2.24) is 19.6 Å². The smallest absolute Gasteiger partial charge is 0.274 e. The number of fused-ring (bicyclic) bond motifs is 1. The molecule has 1 aromatic carbocycles. The maximum atomic E-state index is 13.0. The molecular formula is C21H23ClN4O2. The molecule has 0 radical (unpaired) electrons. The molecule has 1 saturated heterocycles. The summed E-state index contributed by atoms with van der Waals surface area (Å²) >= 11 is 6.05. The van der Waals surface area contributed by atoms with E-state index in [1.807, 2.05) is 51.9 Å². The first kappa shape index (κ1) is 18.9. The van der Waals surface area contributed by atoms with Gasteiger partial charge in [-0.2, -0.15) is 0 Å². The molecule has 6 nitrogen and oxygen atoms in total. The van der Waals surface area contributed by atoms with Crippen LogP contribution in [0.15, 0.2) is 48.7 Å². The van der Waals surface area contributed by atoms with Crippen LogP contribution >= 0.6 is 11.6 Å². The highest BCUT2D eigenvalue weighted by Crippen LogP contribution is 2.16.